The quantitative estimate of drug-likeness (QED) is 0.700. The molecule has 0 radical (unpaired) electrons. The molecule has 2 nitrogen and oxygen atoms in total. The first-order chi connectivity index (χ1) is 10.1. The summed E-state index contributed by atoms with van der Waals surface area (Å²) in [7, 11) is 1.67. The van der Waals surface area contributed by atoms with Crippen LogP contribution in [0.3, 0.4) is 0 Å². The van der Waals surface area contributed by atoms with Crippen LogP contribution in [-0.4, -0.2) is 13.2 Å². The summed E-state index contributed by atoms with van der Waals surface area (Å²) in [5.41, 5.74) is 2.28. The Morgan fingerprint density at radius 1 is 1.19 bits per heavy atom. The van der Waals surface area contributed by atoms with Crippen molar-refractivity contribution in [2.24, 2.45) is 0 Å². The molecule has 4 heteroatoms. The molecular weight excluding hydrogens is 380 g/mol. The molecule has 112 valence electrons. The zero-order chi connectivity index (χ0) is 15.2. The van der Waals surface area contributed by atoms with Gasteiger partial charge in [-0.15, -0.1) is 0 Å². The maximum atomic E-state index is 13.1. The van der Waals surface area contributed by atoms with Gasteiger partial charge < -0.3 is 10.1 Å². The van der Waals surface area contributed by atoms with Crippen molar-refractivity contribution in [3.8, 4) is 5.75 Å². The van der Waals surface area contributed by atoms with Gasteiger partial charge in [-0.05, 0) is 78.3 Å². The van der Waals surface area contributed by atoms with Gasteiger partial charge in [-0.2, -0.15) is 0 Å². The number of nitrogens with one attached hydrogen (secondary N) is 1. The van der Waals surface area contributed by atoms with E-state index in [0.717, 1.165) is 27.8 Å². The predicted molar refractivity (Wildman–Crippen MR) is 93.5 cm³/mol. The van der Waals surface area contributed by atoms with Crippen molar-refractivity contribution in [1.29, 1.82) is 0 Å². The number of anilines is 1. The Hall–Kier alpha value is -1.30. The van der Waals surface area contributed by atoms with Crippen LogP contribution in [0, 0.1) is 9.39 Å². The summed E-state index contributed by atoms with van der Waals surface area (Å²) in [5.74, 6) is 0.682. The van der Waals surface area contributed by atoms with Crippen LogP contribution in [0.4, 0.5) is 10.1 Å². The SMILES string of the molecule is COc1ccc(CCC(C)Nc2ccc(F)cc2I)cc1. The summed E-state index contributed by atoms with van der Waals surface area (Å²) in [6.07, 6.45) is 2.01. The number of halogens is 2. The lowest BCUT2D eigenvalue weighted by Crippen LogP contribution is -2.16. The molecule has 0 aromatic heterocycles. The molecule has 1 atom stereocenters. The molecule has 1 N–H and O–H groups in total. The fourth-order valence-corrected chi connectivity index (χ4v) is 2.75. The molecule has 0 fully saturated rings. The summed E-state index contributed by atoms with van der Waals surface area (Å²) >= 11 is 2.15. The fourth-order valence-electron chi connectivity index (χ4n) is 2.12. The highest BCUT2D eigenvalue weighted by Gasteiger charge is 2.06. The minimum absolute atomic E-state index is 0.198. The van der Waals surface area contributed by atoms with E-state index < -0.39 is 0 Å². The minimum atomic E-state index is -0.198. The maximum Gasteiger partial charge on any atom is 0.124 e. The third-order valence-corrected chi connectivity index (χ3v) is 4.25. The number of aryl methyl sites for hydroxylation is 1. The number of methoxy groups -OCH3 is 1. The van der Waals surface area contributed by atoms with Gasteiger partial charge >= 0.3 is 0 Å². The molecule has 2 aromatic carbocycles. The third kappa shape index (κ3) is 4.88. The highest BCUT2D eigenvalue weighted by atomic mass is 127. The van der Waals surface area contributed by atoms with Gasteiger partial charge in [-0.3, -0.25) is 0 Å². The number of ether oxygens (including phenoxy) is 1. The summed E-state index contributed by atoms with van der Waals surface area (Å²) in [4.78, 5) is 0. The second kappa shape index (κ2) is 7.64. The molecule has 0 bridgehead atoms. The van der Waals surface area contributed by atoms with Crippen LogP contribution in [0.15, 0.2) is 42.5 Å². The van der Waals surface area contributed by atoms with Gasteiger partial charge in [0.15, 0.2) is 0 Å². The minimum Gasteiger partial charge on any atom is -0.497 e. The van der Waals surface area contributed by atoms with Crippen LogP contribution < -0.4 is 10.1 Å². The molecule has 0 amide bonds. The van der Waals surface area contributed by atoms with E-state index in [2.05, 4.69) is 47.0 Å². The highest BCUT2D eigenvalue weighted by Crippen LogP contribution is 2.21. The Bertz CT molecular complexity index is 586. The summed E-state index contributed by atoms with van der Waals surface area (Å²) in [6.45, 7) is 2.14. The monoisotopic (exact) mass is 399 g/mol. The number of hydrogen-bond acceptors (Lipinski definition) is 2. The Labute approximate surface area is 138 Å². The molecule has 0 heterocycles. The van der Waals surface area contributed by atoms with Gasteiger partial charge in [0.1, 0.15) is 11.6 Å². The van der Waals surface area contributed by atoms with Crippen LogP contribution in [-0.2, 0) is 6.42 Å². The zero-order valence-corrected chi connectivity index (χ0v) is 14.4. The van der Waals surface area contributed by atoms with Crippen molar-refractivity contribution >= 4 is 28.3 Å². The van der Waals surface area contributed by atoms with Crippen molar-refractivity contribution in [2.75, 3.05) is 12.4 Å². The van der Waals surface area contributed by atoms with Crippen molar-refractivity contribution in [3.05, 3.63) is 57.4 Å². The number of benzene rings is 2. The first-order valence-electron chi connectivity index (χ1n) is 6.93. The smallest absolute Gasteiger partial charge is 0.124 e. The Morgan fingerprint density at radius 3 is 2.52 bits per heavy atom. The zero-order valence-electron chi connectivity index (χ0n) is 12.2. The van der Waals surface area contributed by atoms with Crippen molar-refractivity contribution in [3.63, 3.8) is 0 Å². The molecule has 0 saturated heterocycles. The van der Waals surface area contributed by atoms with E-state index in [4.69, 9.17) is 4.74 Å². The second-order valence-electron chi connectivity index (χ2n) is 5.06. The number of rotatable bonds is 6. The van der Waals surface area contributed by atoms with Gasteiger partial charge in [0.05, 0.1) is 7.11 Å². The lowest BCUT2D eigenvalue weighted by atomic mass is 10.1. The first-order valence-corrected chi connectivity index (χ1v) is 8.01. The summed E-state index contributed by atoms with van der Waals surface area (Å²) < 4.78 is 19.1. The molecule has 0 aliphatic carbocycles. The van der Waals surface area contributed by atoms with Gasteiger partial charge in [0.25, 0.3) is 0 Å². The van der Waals surface area contributed by atoms with Gasteiger partial charge in [0, 0.05) is 15.3 Å². The van der Waals surface area contributed by atoms with Crippen LogP contribution in [0.2, 0.25) is 0 Å². The van der Waals surface area contributed by atoms with Crippen LogP contribution in [0.5, 0.6) is 5.75 Å². The lowest BCUT2D eigenvalue weighted by molar-refractivity contribution is 0.414. The number of hydrogen-bond donors (Lipinski definition) is 1. The Balaban J connectivity index is 1.87. The lowest BCUT2D eigenvalue weighted by Gasteiger charge is -2.16. The molecule has 21 heavy (non-hydrogen) atoms. The summed E-state index contributed by atoms with van der Waals surface area (Å²) in [6, 6.07) is 13.3. The largest absolute Gasteiger partial charge is 0.497 e. The molecular formula is C17H19FINO. The Kier molecular flexibility index (Phi) is 5.85. The average molecular weight is 399 g/mol. The van der Waals surface area contributed by atoms with Crippen molar-refractivity contribution in [2.45, 2.75) is 25.8 Å². The highest BCUT2D eigenvalue weighted by molar-refractivity contribution is 14.1. The molecule has 1 unspecified atom stereocenters. The molecule has 0 aliphatic heterocycles. The van der Waals surface area contributed by atoms with Crippen molar-refractivity contribution in [1.82, 2.24) is 0 Å². The molecule has 0 aliphatic rings. The standard InChI is InChI=1S/C17H19FINO/c1-12(20-17-10-7-14(18)11-16(17)19)3-4-13-5-8-15(21-2)9-6-13/h5-12,20H,3-4H2,1-2H3. The summed E-state index contributed by atoms with van der Waals surface area (Å²) in [5, 5.41) is 3.43. The van der Waals surface area contributed by atoms with E-state index in [1.54, 1.807) is 19.2 Å². The van der Waals surface area contributed by atoms with Crippen molar-refractivity contribution < 1.29 is 9.13 Å². The average Bonchev–Trinajstić information content (AvgIpc) is 2.48. The van der Waals surface area contributed by atoms with E-state index in [1.165, 1.54) is 11.6 Å². The molecule has 0 saturated carbocycles. The van der Waals surface area contributed by atoms with E-state index in [1.807, 2.05) is 12.1 Å². The van der Waals surface area contributed by atoms with Crippen LogP contribution >= 0.6 is 22.6 Å². The van der Waals surface area contributed by atoms with E-state index in [9.17, 15) is 4.39 Å². The normalized spacial score (nSPS) is 12.0. The van der Waals surface area contributed by atoms with Gasteiger partial charge in [-0.25, -0.2) is 4.39 Å². The maximum absolute atomic E-state index is 13.1. The van der Waals surface area contributed by atoms with E-state index in [-0.39, 0.29) is 5.82 Å². The first kappa shape index (κ1) is 16.1. The topological polar surface area (TPSA) is 21.3 Å². The molecule has 2 aromatic rings. The second-order valence-corrected chi connectivity index (χ2v) is 6.22. The Morgan fingerprint density at radius 2 is 1.90 bits per heavy atom. The van der Waals surface area contributed by atoms with E-state index >= 15 is 0 Å². The third-order valence-electron chi connectivity index (χ3n) is 3.36. The van der Waals surface area contributed by atoms with Crippen LogP contribution in [0.1, 0.15) is 18.9 Å². The van der Waals surface area contributed by atoms with Crippen LogP contribution in [0.25, 0.3) is 0 Å². The molecule has 0 spiro atoms. The predicted octanol–water partition coefficient (Wildman–Crippen LogP) is 4.87. The molecule has 2 rings (SSSR count). The van der Waals surface area contributed by atoms with E-state index in [0.29, 0.717) is 6.04 Å². The van der Waals surface area contributed by atoms with Gasteiger partial charge in [0.2, 0.25) is 0 Å². The van der Waals surface area contributed by atoms with Gasteiger partial charge in [-0.1, -0.05) is 12.1 Å². The fraction of sp³-hybridized carbons (Fsp3) is 0.294.